The molecule has 1 aliphatic carbocycles. The molecule has 1 aromatic heterocycles. The van der Waals surface area contributed by atoms with Crippen LogP contribution in [0.25, 0.3) is 0 Å². The Hall–Kier alpha value is -2.30. The third-order valence-corrected chi connectivity index (χ3v) is 4.31. The van der Waals surface area contributed by atoms with Gasteiger partial charge in [0.1, 0.15) is 18.1 Å². The number of aryl methyl sites for hydroxylation is 2. The molecular formula is C18H24N4O. The van der Waals surface area contributed by atoms with E-state index in [0.717, 1.165) is 24.1 Å². The highest BCUT2D eigenvalue weighted by Crippen LogP contribution is 2.31. The van der Waals surface area contributed by atoms with Crippen molar-refractivity contribution in [3.63, 3.8) is 0 Å². The monoisotopic (exact) mass is 312 g/mol. The Bertz CT molecular complexity index is 681. The molecule has 0 amide bonds. The van der Waals surface area contributed by atoms with Gasteiger partial charge in [-0.05, 0) is 51.2 Å². The molecule has 3 N–H and O–H groups in total. The first-order valence-electron chi connectivity index (χ1n) is 8.25. The van der Waals surface area contributed by atoms with E-state index in [2.05, 4.69) is 41.3 Å². The molecule has 0 radical (unpaired) electrons. The molecule has 0 atom stereocenters. The minimum atomic E-state index is 0.218. The molecule has 1 saturated carbocycles. The number of hydrogen-bond acceptors (Lipinski definition) is 5. The van der Waals surface area contributed by atoms with Gasteiger partial charge in [0.15, 0.2) is 5.82 Å². The summed E-state index contributed by atoms with van der Waals surface area (Å²) < 4.78 is 6.00. The molecule has 0 spiro atoms. The average Bonchev–Trinajstić information content (AvgIpc) is 2.54. The lowest BCUT2D eigenvalue weighted by Crippen LogP contribution is -2.21. The second kappa shape index (κ2) is 6.86. The first-order chi connectivity index (χ1) is 11.1. The molecule has 1 aliphatic rings. The van der Waals surface area contributed by atoms with Crippen LogP contribution >= 0.6 is 0 Å². The normalized spacial score (nSPS) is 15.4. The molecule has 0 bridgehead atoms. The van der Waals surface area contributed by atoms with Crippen molar-refractivity contribution in [3.05, 3.63) is 35.7 Å². The van der Waals surface area contributed by atoms with Gasteiger partial charge in [-0.3, -0.25) is 0 Å². The Morgan fingerprint density at radius 3 is 2.65 bits per heavy atom. The zero-order valence-corrected chi connectivity index (χ0v) is 13.8. The molecule has 23 heavy (non-hydrogen) atoms. The van der Waals surface area contributed by atoms with Gasteiger partial charge < -0.3 is 15.8 Å². The van der Waals surface area contributed by atoms with Crippen molar-refractivity contribution in [2.24, 2.45) is 0 Å². The number of nitrogens with zero attached hydrogens (tertiary/aromatic N) is 2. The molecule has 1 fully saturated rings. The molecule has 122 valence electrons. The SMILES string of the molecule is Cc1ccc(Nc2ncnc(OC3CCCCC3)c2N)c(C)c1. The number of rotatable bonds is 4. The van der Waals surface area contributed by atoms with Crippen LogP contribution in [0.4, 0.5) is 17.2 Å². The van der Waals surface area contributed by atoms with Crippen molar-refractivity contribution < 1.29 is 4.74 Å². The molecule has 3 rings (SSSR count). The van der Waals surface area contributed by atoms with Gasteiger partial charge in [0.25, 0.3) is 0 Å². The van der Waals surface area contributed by atoms with Gasteiger partial charge in [0.2, 0.25) is 5.88 Å². The van der Waals surface area contributed by atoms with E-state index >= 15 is 0 Å². The molecule has 5 heteroatoms. The Kier molecular flexibility index (Phi) is 4.65. The van der Waals surface area contributed by atoms with Crippen LogP contribution in [0.15, 0.2) is 24.5 Å². The van der Waals surface area contributed by atoms with Gasteiger partial charge in [-0.2, -0.15) is 4.98 Å². The van der Waals surface area contributed by atoms with Crippen molar-refractivity contribution in [1.29, 1.82) is 0 Å². The summed E-state index contributed by atoms with van der Waals surface area (Å²) in [6, 6.07) is 6.22. The summed E-state index contributed by atoms with van der Waals surface area (Å²) >= 11 is 0. The zero-order valence-electron chi connectivity index (χ0n) is 13.8. The van der Waals surface area contributed by atoms with Crippen molar-refractivity contribution in [3.8, 4) is 5.88 Å². The number of benzene rings is 1. The van der Waals surface area contributed by atoms with E-state index in [1.165, 1.54) is 31.2 Å². The average molecular weight is 312 g/mol. The van der Waals surface area contributed by atoms with Gasteiger partial charge in [-0.25, -0.2) is 4.98 Å². The van der Waals surface area contributed by atoms with Crippen LogP contribution in [0.1, 0.15) is 43.2 Å². The summed E-state index contributed by atoms with van der Waals surface area (Å²) in [4.78, 5) is 8.48. The molecular weight excluding hydrogens is 288 g/mol. The van der Waals surface area contributed by atoms with Crippen molar-refractivity contribution >= 4 is 17.2 Å². The molecule has 0 aliphatic heterocycles. The lowest BCUT2D eigenvalue weighted by Gasteiger charge is -2.23. The summed E-state index contributed by atoms with van der Waals surface area (Å²) in [5.41, 5.74) is 10.1. The number of nitrogen functional groups attached to an aromatic ring is 1. The second-order valence-corrected chi connectivity index (χ2v) is 6.26. The Balaban J connectivity index is 1.78. The van der Waals surface area contributed by atoms with E-state index in [0.29, 0.717) is 17.4 Å². The lowest BCUT2D eigenvalue weighted by atomic mass is 9.98. The van der Waals surface area contributed by atoms with E-state index in [-0.39, 0.29) is 6.10 Å². The molecule has 5 nitrogen and oxygen atoms in total. The molecule has 2 aromatic rings. The Labute approximate surface area is 137 Å². The fourth-order valence-electron chi connectivity index (χ4n) is 3.00. The van der Waals surface area contributed by atoms with Gasteiger partial charge in [0, 0.05) is 5.69 Å². The smallest absolute Gasteiger partial charge is 0.242 e. The fraction of sp³-hybridized carbons (Fsp3) is 0.444. The number of hydrogen-bond donors (Lipinski definition) is 2. The van der Waals surface area contributed by atoms with Crippen LogP contribution in [0.3, 0.4) is 0 Å². The molecule has 1 aromatic carbocycles. The minimum absolute atomic E-state index is 0.218. The molecule has 1 heterocycles. The number of ether oxygens (including phenoxy) is 1. The third kappa shape index (κ3) is 3.73. The van der Waals surface area contributed by atoms with E-state index in [4.69, 9.17) is 10.5 Å². The standard InChI is InChI=1S/C18H24N4O/c1-12-8-9-15(13(2)10-12)22-17-16(19)18(21-11-20-17)23-14-6-4-3-5-7-14/h8-11,14H,3-7,19H2,1-2H3,(H,20,21,22). The van der Waals surface area contributed by atoms with Crippen molar-refractivity contribution in [2.45, 2.75) is 52.1 Å². The highest BCUT2D eigenvalue weighted by Gasteiger charge is 2.18. The quantitative estimate of drug-likeness (QED) is 0.888. The summed E-state index contributed by atoms with van der Waals surface area (Å²) in [5.74, 6) is 1.08. The minimum Gasteiger partial charge on any atom is -0.473 e. The summed E-state index contributed by atoms with van der Waals surface area (Å²) in [7, 11) is 0. The third-order valence-electron chi connectivity index (χ3n) is 4.31. The van der Waals surface area contributed by atoms with Crippen molar-refractivity contribution in [2.75, 3.05) is 11.1 Å². The zero-order chi connectivity index (χ0) is 16.2. The maximum Gasteiger partial charge on any atom is 0.242 e. The van der Waals surface area contributed by atoms with E-state index < -0.39 is 0 Å². The maximum atomic E-state index is 6.22. The highest BCUT2D eigenvalue weighted by molar-refractivity contribution is 5.73. The van der Waals surface area contributed by atoms with Crippen molar-refractivity contribution in [1.82, 2.24) is 9.97 Å². The largest absolute Gasteiger partial charge is 0.473 e. The van der Waals surface area contributed by atoms with Crippen LogP contribution in [-0.2, 0) is 0 Å². The van der Waals surface area contributed by atoms with E-state index in [1.54, 1.807) is 0 Å². The maximum absolute atomic E-state index is 6.22. The number of anilines is 3. The highest BCUT2D eigenvalue weighted by atomic mass is 16.5. The van der Waals surface area contributed by atoms with E-state index in [9.17, 15) is 0 Å². The molecule has 0 unspecified atom stereocenters. The first kappa shape index (κ1) is 15.6. The number of nitrogens with one attached hydrogen (secondary N) is 1. The number of aromatic nitrogens is 2. The topological polar surface area (TPSA) is 73.1 Å². The Morgan fingerprint density at radius 1 is 1.13 bits per heavy atom. The fourth-order valence-corrected chi connectivity index (χ4v) is 3.00. The van der Waals surface area contributed by atoms with Gasteiger partial charge in [-0.15, -0.1) is 0 Å². The van der Waals surface area contributed by atoms with Gasteiger partial charge >= 0.3 is 0 Å². The van der Waals surface area contributed by atoms with Crippen LogP contribution < -0.4 is 15.8 Å². The molecule has 0 saturated heterocycles. The van der Waals surface area contributed by atoms with Crippen LogP contribution in [0.5, 0.6) is 5.88 Å². The van der Waals surface area contributed by atoms with Gasteiger partial charge in [-0.1, -0.05) is 24.1 Å². The predicted octanol–water partition coefficient (Wildman–Crippen LogP) is 4.13. The van der Waals surface area contributed by atoms with Crippen LogP contribution in [0.2, 0.25) is 0 Å². The summed E-state index contributed by atoms with van der Waals surface area (Å²) in [6.07, 6.45) is 7.58. The van der Waals surface area contributed by atoms with E-state index in [1.807, 2.05) is 6.07 Å². The summed E-state index contributed by atoms with van der Waals surface area (Å²) in [6.45, 7) is 4.14. The Morgan fingerprint density at radius 2 is 1.91 bits per heavy atom. The first-order valence-corrected chi connectivity index (χ1v) is 8.25. The number of nitrogens with two attached hydrogens (primary N) is 1. The van der Waals surface area contributed by atoms with Gasteiger partial charge in [0.05, 0.1) is 0 Å². The summed E-state index contributed by atoms with van der Waals surface area (Å²) in [5, 5.41) is 3.29. The predicted molar refractivity (Wildman–Crippen MR) is 93.1 cm³/mol. The van der Waals surface area contributed by atoms with Crippen LogP contribution in [-0.4, -0.2) is 16.1 Å². The lowest BCUT2D eigenvalue weighted by molar-refractivity contribution is 0.149. The second-order valence-electron chi connectivity index (χ2n) is 6.26. The van der Waals surface area contributed by atoms with Crippen LogP contribution in [0, 0.1) is 13.8 Å².